The molecule has 8 nitrogen and oxygen atoms in total. The summed E-state index contributed by atoms with van der Waals surface area (Å²) in [4.78, 5) is 13.5. The lowest BCUT2D eigenvalue weighted by atomic mass is 10.0. The molecule has 4 aromatic rings. The summed E-state index contributed by atoms with van der Waals surface area (Å²) in [6.07, 6.45) is 4.64. The van der Waals surface area contributed by atoms with Gasteiger partial charge in [0.1, 0.15) is 5.69 Å². The predicted octanol–water partition coefficient (Wildman–Crippen LogP) is 4.61. The molecule has 2 aromatic heterocycles. The highest BCUT2D eigenvalue weighted by atomic mass is 16.5. The van der Waals surface area contributed by atoms with Crippen LogP contribution in [0, 0.1) is 5.92 Å². The van der Waals surface area contributed by atoms with Gasteiger partial charge in [-0.05, 0) is 35.7 Å². The number of hydrogen-bond donors (Lipinski definition) is 2. The Kier molecular flexibility index (Phi) is 5.98. The number of H-pyrrole nitrogens is 1. The molecule has 176 valence electrons. The number of para-hydroxylation sites is 1. The van der Waals surface area contributed by atoms with Gasteiger partial charge >= 0.3 is 0 Å². The number of anilines is 2. The van der Waals surface area contributed by atoms with Crippen LogP contribution in [0.3, 0.4) is 0 Å². The highest BCUT2D eigenvalue weighted by molar-refractivity contribution is 5.88. The fourth-order valence-electron chi connectivity index (χ4n) is 4.52. The van der Waals surface area contributed by atoms with E-state index in [1.165, 1.54) is 0 Å². The van der Waals surface area contributed by atoms with E-state index in [1.54, 1.807) is 18.0 Å². The van der Waals surface area contributed by atoms with Gasteiger partial charge in [-0.15, -0.1) is 0 Å². The summed E-state index contributed by atoms with van der Waals surface area (Å²) in [7, 11) is 1.68. The van der Waals surface area contributed by atoms with E-state index in [1.807, 2.05) is 46.2 Å². The minimum absolute atomic E-state index is 0.0640. The van der Waals surface area contributed by atoms with Crippen LogP contribution in [-0.4, -0.2) is 33.3 Å². The molecule has 8 heteroatoms. The number of benzene rings is 2. The summed E-state index contributed by atoms with van der Waals surface area (Å²) in [5.41, 5.74) is 8.86. The molecule has 0 amide bonds. The average molecular weight is 459 g/mol. The fourth-order valence-corrected chi connectivity index (χ4v) is 4.52. The maximum atomic E-state index is 13.5. The van der Waals surface area contributed by atoms with Crippen LogP contribution in [0.5, 0.6) is 0 Å². The zero-order valence-corrected chi connectivity index (χ0v) is 19.7. The molecule has 0 radical (unpaired) electrons. The van der Waals surface area contributed by atoms with Gasteiger partial charge < -0.3 is 4.74 Å². The van der Waals surface area contributed by atoms with Crippen molar-refractivity contribution < 1.29 is 4.74 Å². The number of fused-ring (bicyclic) bond motifs is 3. The van der Waals surface area contributed by atoms with E-state index >= 15 is 0 Å². The molecule has 2 unspecified atom stereocenters. The number of ether oxygens (including phenoxy) is 1. The Hall–Kier alpha value is -3.78. The van der Waals surface area contributed by atoms with Gasteiger partial charge in [0.2, 0.25) is 0 Å². The van der Waals surface area contributed by atoms with E-state index in [9.17, 15) is 4.79 Å². The van der Waals surface area contributed by atoms with Gasteiger partial charge in [-0.3, -0.25) is 20.3 Å². The minimum atomic E-state index is -0.0645. The highest BCUT2D eigenvalue weighted by Crippen LogP contribution is 2.39. The topological polar surface area (TPSA) is 80.1 Å². The van der Waals surface area contributed by atoms with Crippen molar-refractivity contribution in [1.29, 1.82) is 0 Å². The molecular weight excluding hydrogens is 428 g/mol. The van der Waals surface area contributed by atoms with Gasteiger partial charge in [0.15, 0.2) is 0 Å². The van der Waals surface area contributed by atoms with Crippen molar-refractivity contribution in [3.63, 3.8) is 0 Å². The molecule has 3 heterocycles. The SMILES string of the molecule is CCC(C)C(COC)n1[nH]c2c(c1=O)NN(Cc1ccc(-n3cccn3)cc1)c1ccccc1-2. The third kappa shape index (κ3) is 3.90. The number of rotatable bonds is 8. The summed E-state index contributed by atoms with van der Waals surface area (Å²) >= 11 is 0. The lowest BCUT2D eigenvalue weighted by molar-refractivity contribution is 0.119. The van der Waals surface area contributed by atoms with E-state index in [0.29, 0.717) is 18.8 Å². The van der Waals surface area contributed by atoms with Crippen molar-refractivity contribution >= 4 is 11.4 Å². The maximum absolute atomic E-state index is 13.5. The number of nitrogens with one attached hydrogen (secondary N) is 2. The first-order valence-electron chi connectivity index (χ1n) is 11.7. The first-order valence-corrected chi connectivity index (χ1v) is 11.7. The van der Waals surface area contributed by atoms with Gasteiger partial charge in [0, 0.05) is 25.1 Å². The van der Waals surface area contributed by atoms with Crippen molar-refractivity contribution in [3.05, 3.63) is 82.9 Å². The number of nitrogens with zero attached hydrogens (tertiary/aromatic N) is 4. The van der Waals surface area contributed by atoms with Crippen LogP contribution in [0.25, 0.3) is 16.9 Å². The minimum Gasteiger partial charge on any atom is -0.382 e. The van der Waals surface area contributed by atoms with Crippen molar-refractivity contribution in [2.45, 2.75) is 32.9 Å². The smallest absolute Gasteiger partial charge is 0.292 e. The molecule has 2 atom stereocenters. The van der Waals surface area contributed by atoms with Crippen molar-refractivity contribution in [1.82, 2.24) is 19.6 Å². The number of aromatic amines is 1. The van der Waals surface area contributed by atoms with Gasteiger partial charge in [-0.2, -0.15) is 5.10 Å². The average Bonchev–Trinajstić information content (AvgIpc) is 3.52. The molecule has 0 fully saturated rings. The zero-order chi connectivity index (χ0) is 23.7. The first kappa shape index (κ1) is 22.0. The van der Waals surface area contributed by atoms with Crippen LogP contribution < -0.4 is 16.0 Å². The van der Waals surface area contributed by atoms with E-state index in [0.717, 1.165) is 34.6 Å². The quantitative estimate of drug-likeness (QED) is 0.403. The Morgan fingerprint density at radius 1 is 1.09 bits per heavy atom. The molecule has 34 heavy (non-hydrogen) atoms. The van der Waals surface area contributed by atoms with Crippen molar-refractivity contribution in [2.24, 2.45) is 5.92 Å². The van der Waals surface area contributed by atoms with Crippen LogP contribution in [0.4, 0.5) is 11.4 Å². The number of methoxy groups -OCH3 is 1. The molecule has 5 rings (SSSR count). The number of hydrogen-bond acceptors (Lipinski definition) is 5. The maximum Gasteiger partial charge on any atom is 0.292 e. The molecule has 0 bridgehead atoms. The largest absolute Gasteiger partial charge is 0.382 e. The van der Waals surface area contributed by atoms with E-state index in [2.05, 4.69) is 53.7 Å². The molecule has 0 saturated heterocycles. The summed E-state index contributed by atoms with van der Waals surface area (Å²) in [5.74, 6) is 0.289. The summed E-state index contributed by atoms with van der Waals surface area (Å²) in [5, 5.41) is 9.72. The van der Waals surface area contributed by atoms with Crippen LogP contribution in [0.2, 0.25) is 0 Å². The highest BCUT2D eigenvalue weighted by Gasteiger charge is 2.30. The van der Waals surface area contributed by atoms with Gasteiger partial charge in [-0.25, -0.2) is 9.36 Å². The second-order valence-corrected chi connectivity index (χ2v) is 8.78. The van der Waals surface area contributed by atoms with Crippen LogP contribution >= 0.6 is 0 Å². The first-order chi connectivity index (χ1) is 16.6. The summed E-state index contributed by atoms with van der Waals surface area (Å²) < 4.78 is 9.02. The lowest BCUT2D eigenvalue weighted by Gasteiger charge is -2.31. The van der Waals surface area contributed by atoms with Crippen molar-refractivity contribution in [2.75, 3.05) is 24.2 Å². The standard InChI is InChI=1S/C26H30N6O2/c1-4-18(2)23(17-34-3)32-26(33)25-24(29-32)21-8-5-6-9-22(21)31(28-25)16-19-10-12-20(13-11-19)30-15-7-14-27-30/h5-15,18,23,28-29H,4,16-17H2,1-3H3. The predicted molar refractivity (Wildman–Crippen MR) is 134 cm³/mol. The molecule has 2 N–H and O–H groups in total. The third-order valence-corrected chi connectivity index (χ3v) is 6.64. The van der Waals surface area contributed by atoms with E-state index in [4.69, 9.17) is 4.74 Å². The normalized spacial score (nSPS) is 14.3. The molecule has 0 aliphatic carbocycles. The van der Waals surface area contributed by atoms with Gasteiger partial charge in [-0.1, -0.05) is 50.6 Å². The van der Waals surface area contributed by atoms with Crippen LogP contribution in [0.1, 0.15) is 31.9 Å². The van der Waals surface area contributed by atoms with Gasteiger partial charge in [0.25, 0.3) is 5.56 Å². The molecule has 1 aliphatic heterocycles. The summed E-state index contributed by atoms with van der Waals surface area (Å²) in [6, 6.07) is 18.3. The van der Waals surface area contributed by atoms with E-state index < -0.39 is 0 Å². The number of aromatic nitrogens is 4. The molecule has 0 saturated carbocycles. The van der Waals surface area contributed by atoms with Crippen LogP contribution in [-0.2, 0) is 11.3 Å². The monoisotopic (exact) mass is 458 g/mol. The Bertz CT molecular complexity index is 1310. The van der Waals surface area contributed by atoms with E-state index in [-0.39, 0.29) is 17.5 Å². The second-order valence-electron chi connectivity index (χ2n) is 8.78. The summed E-state index contributed by atoms with van der Waals surface area (Å²) in [6.45, 7) is 5.36. The Labute approximate surface area is 198 Å². The Balaban J connectivity index is 1.48. The molecule has 1 aliphatic rings. The zero-order valence-electron chi connectivity index (χ0n) is 19.7. The number of hydrazine groups is 1. The Morgan fingerprint density at radius 2 is 1.88 bits per heavy atom. The van der Waals surface area contributed by atoms with Crippen LogP contribution in [0.15, 0.2) is 71.8 Å². The third-order valence-electron chi connectivity index (χ3n) is 6.64. The van der Waals surface area contributed by atoms with Gasteiger partial charge in [0.05, 0.1) is 36.3 Å². The second kappa shape index (κ2) is 9.23. The molecule has 0 spiro atoms. The van der Waals surface area contributed by atoms with Crippen molar-refractivity contribution in [3.8, 4) is 16.9 Å². The Morgan fingerprint density at radius 3 is 2.59 bits per heavy atom. The molecule has 2 aromatic carbocycles. The lowest BCUT2D eigenvalue weighted by Crippen LogP contribution is -2.36. The fraction of sp³-hybridized carbons (Fsp3) is 0.308. The molecular formula is C26H30N6O2.